The van der Waals surface area contributed by atoms with E-state index in [1.807, 2.05) is 0 Å². The molecule has 0 radical (unpaired) electrons. The van der Waals surface area contributed by atoms with Gasteiger partial charge in [0.2, 0.25) is 5.91 Å². The van der Waals surface area contributed by atoms with Crippen LogP contribution in [-0.2, 0) is 11.3 Å². The predicted molar refractivity (Wildman–Crippen MR) is 67.0 cm³/mol. The van der Waals surface area contributed by atoms with Gasteiger partial charge < -0.3 is 10.6 Å². The van der Waals surface area contributed by atoms with Crippen LogP contribution in [0.25, 0.3) is 0 Å². The van der Waals surface area contributed by atoms with Crippen molar-refractivity contribution in [2.24, 2.45) is 0 Å². The van der Waals surface area contributed by atoms with Crippen molar-refractivity contribution in [2.45, 2.75) is 13.0 Å². The number of hydrogen-bond acceptors (Lipinski definition) is 5. The van der Waals surface area contributed by atoms with Crippen molar-refractivity contribution < 1.29 is 4.79 Å². The van der Waals surface area contributed by atoms with Crippen LogP contribution in [0.15, 0.2) is 12.4 Å². The topological polar surface area (TPSA) is 75.1 Å². The third-order valence-corrected chi connectivity index (χ3v) is 2.93. The van der Waals surface area contributed by atoms with E-state index in [0.717, 1.165) is 32.6 Å². The molecule has 1 aliphatic rings. The molecular formula is C11H20N6O. The van der Waals surface area contributed by atoms with Crippen LogP contribution in [0.5, 0.6) is 0 Å². The number of hydrogen-bond donors (Lipinski definition) is 2. The van der Waals surface area contributed by atoms with Crippen LogP contribution in [0.4, 0.5) is 0 Å². The number of amides is 1. The molecule has 0 spiro atoms. The fraction of sp³-hybridized carbons (Fsp3) is 0.727. The minimum Gasteiger partial charge on any atom is -0.353 e. The number of nitrogens with zero attached hydrogens (tertiary/aromatic N) is 4. The highest BCUT2D eigenvalue weighted by molar-refractivity contribution is 5.77. The molecule has 0 aliphatic carbocycles. The zero-order valence-corrected chi connectivity index (χ0v) is 10.5. The first-order chi connectivity index (χ1) is 8.84. The van der Waals surface area contributed by atoms with Gasteiger partial charge in [0.05, 0.1) is 19.3 Å². The van der Waals surface area contributed by atoms with Gasteiger partial charge in [0.25, 0.3) is 0 Å². The summed E-state index contributed by atoms with van der Waals surface area (Å²) in [5.41, 5.74) is 0. The molecule has 1 saturated heterocycles. The molecule has 7 heteroatoms. The lowest BCUT2D eigenvalue weighted by molar-refractivity contribution is -0.122. The second kappa shape index (κ2) is 7.07. The van der Waals surface area contributed by atoms with E-state index in [1.54, 1.807) is 17.1 Å². The quantitative estimate of drug-likeness (QED) is 0.680. The third kappa shape index (κ3) is 4.42. The summed E-state index contributed by atoms with van der Waals surface area (Å²) in [5, 5.41) is 13.8. The van der Waals surface area contributed by atoms with Crippen molar-refractivity contribution >= 4 is 5.91 Å². The number of nitrogens with one attached hydrogen (secondary N) is 2. The highest BCUT2D eigenvalue weighted by Crippen LogP contribution is 1.94. The summed E-state index contributed by atoms with van der Waals surface area (Å²) in [5.74, 6) is 0.0806. The van der Waals surface area contributed by atoms with Gasteiger partial charge in [0, 0.05) is 25.8 Å². The summed E-state index contributed by atoms with van der Waals surface area (Å²) in [4.78, 5) is 13.9. The van der Waals surface area contributed by atoms with Crippen molar-refractivity contribution in [3.8, 4) is 0 Å². The SMILES string of the molecule is O=C(CN1CCCNCC1)NCCn1ccnn1. The minimum absolute atomic E-state index is 0.0806. The van der Waals surface area contributed by atoms with Gasteiger partial charge >= 0.3 is 0 Å². The van der Waals surface area contributed by atoms with Gasteiger partial charge in [-0.3, -0.25) is 14.4 Å². The van der Waals surface area contributed by atoms with E-state index < -0.39 is 0 Å². The molecule has 2 rings (SSSR count). The molecule has 1 aliphatic heterocycles. The number of rotatable bonds is 5. The molecule has 0 bridgehead atoms. The molecule has 2 heterocycles. The van der Waals surface area contributed by atoms with Gasteiger partial charge in [-0.15, -0.1) is 5.10 Å². The summed E-state index contributed by atoms with van der Waals surface area (Å²) < 4.78 is 1.70. The van der Waals surface area contributed by atoms with E-state index in [2.05, 4.69) is 25.8 Å². The van der Waals surface area contributed by atoms with Crippen LogP contribution in [0.1, 0.15) is 6.42 Å². The Morgan fingerprint density at radius 2 is 2.33 bits per heavy atom. The van der Waals surface area contributed by atoms with E-state index in [9.17, 15) is 4.79 Å². The van der Waals surface area contributed by atoms with Gasteiger partial charge in [0.15, 0.2) is 0 Å². The number of aromatic nitrogens is 3. The van der Waals surface area contributed by atoms with Gasteiger partial charge in [-0.1, -0.05) is 5.21 Å². The monoisotopic (exact) mass is 252 g/mol. The summed E-state index contributed by atoms with van der Waals surface area (Å²) in [6, 6.07) is 0. The van der Waals surface area contributed by atoms with Gasteiger partial charge in [-0.25, -0.2) is 0 Å². The minimum atomic E-state index is 0.0806. The highest BCUT2D eigenvalue weighted by atomic mass is 16.2. The Bertz CT molecular complexity index is 344. The first-order valence-electron chi connectivity index (χ1n) is 6.38. The molecule has 0 aromatic carbocycles. The first kappa shape index (κ1) is 13.0. The third-order valence-electron chi connectivity index (χ3n) is 2.93. The standard InChI is InChI=1S/C11H20N6O/c18-11(10-16-6-1-2-12-3-7-16)13-4-8-17-9-5-14-15-17/h5,9,12H,1-4,6-8,10H2,(H,13,18). The van der Waals surface area contributed by atoms with E-state index >= 15 is 0 Å². The van der Waals surface area contributed by atoms with Crippen LogP contribution in [-0.4, -0.2) is 65.1 Å². The van der Waals surface area contributed by atoms with E-state index in [4.69, 9.17) is 0 Å². The second-order valence-electron chi connectivity index (χ2n) is 4.40. The molecule has 1 amide bonds. The molecule has 1 aromatic rings. The largest absolute Gasteiger partial charge is 0.353 e. The van der Waals surface area contributed by atoms with Crippen LogP contribution in [0.2, 0.25) is 0 Å². The molecule has 0 saturated carbocycles. The van der Waals surface area contributed by atoms with Crippen molar-refractivity contribution in [1.82, 2.24) is 30.5 Å². The molecule has 0 unspecified atom stereocenters. The summed E-state index contributed by atoms with van der Waals surface area (Å²) >= 11 is 0. The summed E-state index contributed by atoms with van der Waals surface area (Å²) in [7, 11) is 0. The lowest BCUT2D eigenvalue weighted by Crippen LogP contribution is -2.39. The molecule has 2 N–H and O–H groups in total. The molecule has 100 valence electrons. The van der Waals surface area contributed by atoms with Crippen molar-refractivity contribution in [2.75, 3.05) is 39.3 Å². The average molecular weight is 252 g/mol. The predicted octanol–water partition coefficient (Wildman–Crippen LogP) is -1.31. The summed E-state index contributed by atoms with van der Waals surface area (Å²) in [6.45, 7) is 5.68. The number of carbonyl (C=O) groups excluding carboxylic acids is 1. The Morgan fingerprint density at radius 1 is 1.39 bits per heavy atom. The Morgan fingerprint density at radius 3 is 3.17 bits per heavy atom. The van der Waals surface area contributed by atoms with Crippen LogP contribution >= 0.6 is 0 Å². The van der Waals surface area contributed by atoms with Crippen LogP contribution < -0.4 is 10.6 Å². The Hall–Kier alpha value is -1.47. The van der Waals surface area contributed by atoms with Crippen LogP contribution in [0, 0.1) is 0 Å². The lowest BCUT2D eigenvalue weighted by Gasteiger charge is -2.18. The van der Waals surface area contributed by atoms with Gasteiger partial charge in [-0.2, -0.15) is 0 Å². The maximum atomic E-state index is 11.7. The normalized spacial score (nSPS) is 17.3. The Balaban J connectivity index is 1.62. The fourth-order valence-corrected chi connectivity index (χ4v) is 1.98. The maximum absolute atomic E-state index is 11.7. The van der Waals surface area contributed by atoms with Gasteiger partial charge in [-0.05, 0) is 19.5 Å². The van der Waals surface area contributed by atoms with E-state index in [1.165, 1.54) is 0 Å². The zero-order chi connectivity index (χ0) is 12.6. The molecule has 18 heavy (non-hydrogen) atoms. The van der Waals surface area contributed by atoms with Crippen LogP contribution in [0.3, 0.4) is 0 Å². The molecular weight excluding hydrogens is 232 g/mol. The zero-order valence-electron chi connectivity index (χ0n) is 10.5. The van der Waals surface area contributed by atoms with Gasteiger partial charge in [0.1, 0.15) is 0 Å². The lowest BCUT2D eigenvalue weighted by atomic mass is 10.4. The van der Waals surface area contributed by atoms with Crippen molar-refractivity contribution in [3.63, 3.8) is 0 Å². The second-order valence-corrected chi connectivity index (χ2v) is 4.40. The first-order valence-corrected chi connectivity index (χ1v) is 6.38. The molecule has 0 atom stereocenters. The Kier molecular flexibility index (Phi) is 5.10. The maximum Gasteiger partial charge on any atom is 0.234 e. The fourth-order valence-electron chi connectivity index (χ4n) is 1.98. The summed E-state index contributed by atoms with van der Waals surface area (Å²) in [6.07, 6.45) is 4.52. The molecule has 7 nitrogen and oxygen atoms in total. The Labute approximate surface area is 107 Å². The highest BCUT2D eigenvalue weighted by Gasteiger charge is 2.11. The van der Waals surface area contributed by atoms with Crippen molar-refractivity contribution in [3.05, 3.63) is 12.4 Å². The van der Waals surface area contributed by atoms with E-state index in [0.29, 0.717) is 19.6 Å². The van der Waals surface area contributed by atoms with Crippen molar-refractivity contribution in [1.29, 1.82) is 0 Å². The average Bonchev–Trinajstić information content (AvgIpc) is 2.74. The van der Waals surface area contributed by atoms with E-state index in [-0.39, 0.29) is 5.91 Å². The smallest absolute Gasteiger partial charge is 0.234 e. The molecule has 1 aromatic heterocycles. The molecule has 1 fully saturated rings. The number of carbonyl (C=O) groups is 1.